The van der Waals surface area contributed by atoms with Crippen molar-refractivity contribution < 1.29 is 19.1 Å². The number of fused-ring (bicyclic) bond motifs is 1. The Bertz CT molecular complexity index is 816. The van der Waals surface area contributed by atoms with E-state index in [0.717, 1.165) is 34.2 Å². The summed E-state index contributed by atoms with van der Waals surface area (Å²) in [6.07, 6.45) is 2.80. The standard InChI is InChI=1S/C19H20BrNO4S/c1-11-3-8-14-15(9-11)26-18(17(14)19(23)24-2)21-16(22)10-25-13-6-4-12(20)5-7-13/h4-7,11H,3,8-10H2,1-2H3,(H,21,22). The predicted molar refractivity (Wildman–Crippen MR) is 105 cm³/mol. The summed E-state index contributed by atoms with van der Waals surface area (Å²) in [5.41, 5.74) is 1.51. The number of methoxy groups -OCH3 is 1. The van der Waals surface area contributed by atoms with Gasteiger partial charge in [-0.15, -0.1) is 11.3 Å². The molecule has 26 heavy (non-hydrogen) atoms. The maximum absolute atomic E-state index is 12.3. The molecule has 1 amide bonds. The van der Waals surface area contributed by atoms with Gasteiger partial charge < -0.3 is 14.8 Å². The molecule has 1 N–H and O–H groups in total. The van der Waals surface area contributed by atoms with Crippen LogP contribution in [0.15, 0.2) is 28.7 Å². The fraction of sp³-hybridized carbons (Fsp3) is 0.368. The molecule has 2 aromatic rings. The number of thiophene rings is 1. The van der Waals surface area contributed by atoms with Gasteiger partial charge >= 0.3 is 5.97 Å². The second kappa shape index (κ2) is 8.22. The second-order valence-corrected chi connectivity index (χ2v) is 8.36. The normalized spacial score (nSPS) is 15.9. The predicted octanol–water partition coefficient (Wildman–Crippen LogP) is 4.44. The van der Waals surface area contributed by atoms with Gasteiger partial charge in [0.1, 0.15) is 10.8 Å². The van der Waals surface area contributed by atoms with E-state index in [1.165, 1.54) is 18.4 Å². The average molecular weight is 438 g/mol. The second-order valence-electron chi connectivity index (χ2n) is 6.34. The first-order valence-corrected chi connectivity index (χ1v) is 10.00. The van der Waals surface area contributed by atoms with Gasteiger partial charge in [0.05, 0.1) is 12.7 Å². The third-order valence-corrected chi connectivity index (χ3v) is 6.04. The molecule has 1 aliphatic rings. The van der Waals surface area contributed by atoms with Gasteiger partial charge in [0.25, 0.3) is 5.91 Å². The number of esters is 1. The Kier molecular flexibility index (Phi) is 5.98. The Balaban J connectivity index is 1.73. The number of benzene rings is 1. The Morgan fingerprint density at radius 2 is 2.04 bits per heavy atom. The summed E-state index contributed by atoms with van der Waals surface area (Å²) in [4.78, 5) is 25.7. The van der Waals surface area contributed by atoms with E-state index in [-0.39, 0.29) is 12.5 Å². The zero-order chi connectivity index (χ0) is 18.7. The van der Waals surface area contributed by atoms with Gasteiger partial charge in [0.15, 0.2) is 6.61 Å². The topological polar surface area (TPSA) is 64.6 Å². The van der Waals surface area contributed by atoms with Crippen LogP contribution in [0.4, 0.5) is 5.00 Å². The molecule has 138 valence electrons. The fourth-order valence-corrected chi connectivity index (χ4v) is 4.68. The van der Waals surface area contributed by atoms with Gasteiger partial charge in [-0.1, -0.05) is 22.9 Å². The SMILES string of the molecule is COC(=O)c1c(NC(=O)COc2ccc(Br)cc2)sc2c1CCC(C)C2. The van der Waals surface area contributed by atoms with Crippen LogP contribution in [0.1, 0.15) is 34.1 Å². The van der Waals surface area contributed by atoms with Crippen molar-refractivity contribution in [2.45, 2.75) is 26.2 Å². The van der Waals surface area contributed by atoms with Crippen LogP contribution in [0.3, 0.4) is 0 Å². The number of rotatable bonds is 5. The highest BCUT2D eigenvalue weighted by Gasteiger charge is 2.28. The van der Waals surface area contributed by atoms with E-state index in [4.69, 9.17) is 9.47 Å². The van der Waals surface area contributed by atoms with Gasteiger partial charge in [-0.3, -0.25) is 4.79 Å². The van der Waals surface area contributed by atoms with E-state index < -0.39 is 5.97 Å². The van der Waals surface area contributed by atoms with E-state index >= 15 is 0 Å². The number of ether oxygens (including phenoxy) is 2. The van der Waals surface area contributed by atoms with E-state index in [2.05, 4.69) is 28.2 Å². The lowest BCUT2D eigenvalue weighted by atomic mass is 9.88. The van der Waals surface area contributed by atoms with Crippen LogP contribution in [0.2, 0.25) is 0 Å². The highest BCUT2D eigenvalue weighted by Crippen LogP contribution is 2.40. The van der Waals surface area contributed by atoms with Crippen LogP contribution in [-0.4, -0.2) is 25.6 Å². The summed E-state index contributed by atoms with van der Waals surface area (Å²) in [6, 6.07) is 7.25. The summed E-state index contributed by atoms with van der Waals surface area (Å²) in [7, 11) is 1.36. The molecule has 1 aromatic carbocycles. The minimum atomic E-state index is -0.402. The van der Waals surface area contributed by atoms with Crippen molar-refractivity contribution in [1.29, 1.82) is 0 Å². The molecule has 0 radical (unpaired) electrons. The molecule has 0 saturated heterocycles. The number of anilines is 1. The summed E-state index contributed by atoms with van der Waals surface area (Å²) < 4.78 is 11.4. The van der Waals surface area contributed by atoms with Gasteiger partial charge in [0.2, 0.25) is 0 Å². The van der Waals surface area contributed by atoms with Crippen LogP contribution in [0.5, 0.6) is 5.75 Å². The Morgan fingerprint density at radius 1 is 1.31 bits per heavy atom. The van der Waals surface area contributed by atoms with E-state index in [1.807, 2.05) is 12.1 Å². The molecule has 3 rings (SSSR count). The van der Waals surface area contributed by atoms with Crippen molar-refractivity contribution in [1.82, 2.24) is 0 Å². The maximum Gasteiger partial charge on any atom is 0.341 e. The van der Waals surface area contributed by atoms with E-state index in [0.29, 0.717) is 22.2 Å². The minimum Gasteiger partial charge on any atom is -0.484 e. The number of halogens is 1. The van der Waals surface area contributed by atoms with Crippen LogP contribution in [0.25, 0.3) is 0 Å². The monoisotopic (exact) mass is 437 g/mol. The van der Waals surface area contributed by atoms with Crippen molar-refractivity contribution in [3.63, 3.8) is 0 Å². The Labute approximate surface area is 164 Å². The molecule has 1 heterocycles. The lowest BCUT2D eigenvalue weighted by Crippen LogP contribution is -2.21. The lowest BCUT2D eigenvalue weighted by Gasteiger charge is -2.18. The summed E-state index contributed by atoms with van der Waals surface area (Å²) in [5, 5.41) is 3.38. The van der Waals surface area contributed by atoms with Gasteiger partial charge in [-0.25, -0.2) is 4.79 Å². The minimum absolute atomic E-state index is 0.124. The third kappa shape index (κ3) is 4.27. The summed E-state index contributed by atoms with van der Waals surface area (Å²) in [6.45, 7) is 2.08. The number of amides is 1. The molecule has 5 nitrogen and oxygen atoms in total. The van der Waals surface area contributed by atoms with Crippen molar-refractivity contribution in [2.24, 2.45) is 5.92 Å². The van der Waals surface area contributed by atoms with Crippen LogP contribution in [0, 0.1) is 5.92 Å². The van der Waals surface area contributed by atoms with Crippen LogP contribution >= 0.6 is 27.3 Å². The third-order valence-electron chi connectivity index (χ3n) is 4.34. The molecule has 1 unspecified atom stereocenters. The molecule has 0 spiro atoms. The number of hydrogen-bond acceptors (Lipinski definition) is 5. The fourth-order valence-electron chi connectivity index (χ4n) is 3.00. The quantitative estimate of drug-likeness (QED) is 0.702. The van der Waals surface area contributed by atoms with Crippen LogP contribution < -0.4 is 10.1 Å². The molecule has 0 bridgehead atoms. The summed E-state index contributed by atoms with van der Waals surface area (Å²) in [5.74, 6) is 0.484. The number of carbonyl (C=O) groups excluding carboxylic acids is 2. The smallest absolute Gasteiger partial charge is 0.341 e. The van der Waals surface area contributed by atoms with Gasteiger partial charge in [0, 0.05) is 9.35 Å². The molecule has 1 aromatic heterocycles. The van der Waals surface area contributed by atoms with Crippen molar-refractivity contribution in [3.05, 3.63) is 44.7 Å². The van der Waals surface area contributed by atoms with E-state index in [9.17, 15) is 9.59 Å². The highest BCUT2D eigenvalue weighted by molar-refractivity contribution is 9.10. The zero-order valence-electron chi connectivity index (χ0n) is 14.6. The van der Waals surface area contributed by atoms with Gasteiger partial charge in [-0.05, 0) is 55.0 Å². The molecule has 7 heteroatoms. The zero-order valence-corrected chi connectivity index (χ0v) is 17.0. The molecule has 1 atom stereocenters. The van der Waals surface area contributed by atoms with E-state index in [1.54, 1.807) is 12.1 Å². The van der Waals surface area contributed by atoms with Gasteiger partial charge in [-0.2, -0.15) is 0 Å². The number of nitrogens with one attached hydrogen (secondary N) is 1. The molecular formula is C19H20BrNO4S. The average Bonchev–Trinajstić information content (AvgIpc) is 2.97. The molecule has 0 aliphatic heterocycles. The molecule has 1 aliphatic carbocycles. The Hall–Kier alpha value is -1.86. The maximum atomic E-state index is 12.3. The Morgan fingerprint density at radius 3 is 2.73 bits per heavy atom. The van der Waals surface area contributed by atoms with Crippen molar-refractivity contribution >= 4 is 44.1 Å². The van der Waals surface area contributed by atoms with Crippen molar-refractivity contribution in [2.75, 3.05) is 19.0 Å². The van der Waals surface area contributed by atoms with Crippen molar-refractivity contribution in [3.8, 4) is 5.75 Å². The van der Waals surface area contributed by atoms with Crippen LogP contribution in [-0.2, 0) is 22.4 Å². The molecular weight excluding hydrogens is 418 g/mol. The number of carbonyl (C=O) groups is 2. The molecule has 0 saturated carbocycles. The molecule has 0 fully saturated rings. The first kappa shape index (κ1) is 18.9. The number of hydrogen-bond donors (Lipinski definition) is 1. The lowest BCUT2D eigenvalue weighted by molar-refractivity contribution is -0.118. The first-order valence-electron chi connectivity index (χ1n) is 8.39. The highest BCUT2D eigenvalue weighted by atomic mass is 79.9. The largest absolute Gasteiger partial charge is 0.484 e. The first-order chi connectivity index (χ1) is 12.5. The summed E-state index contributed by atoms with van der Waals surface area (Å²) >= 11 is 4.82.